The van der Waals surface area contributed by atoms with E-state index in [2.05, 4.69) is 22.8 Å². The van der Waals surface area contributed by atoms with Gasteiger partial charge >= 0.3 is 0 Å². The number of anilines is 1. The van der Waals surface area contributed by atoms with E-state index in [0.717, 1.165) is 29.4 Å². The van der Waals surface area contributed by atoms with Crippen LogP contribution in [0.2, 0.25) is 0 Å². The molecule has 0 aliphatic carbocycles. The first kappa shape index (κ1) is 13.1. The van der Waals surface area contributed by atoms with E-state index >= 15 is 0 Å². The second-order valence-electron chi connectivity index (χ2n) is 5.41. The Morgan fingerprint density at radius 3 is 2.90 bits per heavy atom. The highest BCUT2D eigenvalue weighted by Crippen LogP contribution is 2.23. The summed E-state index contributed by atoms with van der Waals surface area (Å²) in [5.74, 6) is 0.107. The first-order valence-corrected chi connectivity index (χ1v) is 7.34. The molecule has 2 aromatic carbocycles. The van der Waals surface area contributed by atoms with Gasteiger partial charge in [0, 0.05) is 23.5 Å². The van der Waals surface area contributed by atoms with Gasteiger partial charge in [0.1, 0.15) is 0 Å². The summed E-state index contributed by atoms with van der Waals surface area (Å²) in [6.45, 7) is 1.09. The van der Waals surface area contributed by atoms with Gasteiger partial charge in [0.25, 0.3) is 0 Å². The minimum Gasteiger partial charge on any atom is -0.326 e. The highest BCUT2D eigenvalue weighted by atomic mass is 16.1. The summed E-state index contributed by atoms with van der Waals surface area (Å²) in [5.41, 5.74) is 0.910. The lowest BCUT2D eigenvalue weighted by Gasteiger charge is -2.11. The Balaban J connectivity index is 1.65. The fraction of sp³-hybridized carbons (Fsp3) is 0.353. The van der Waals surface area contributed by atoms with Crippen molar-refractivity contribution in [3.8, 4) is 0 Å². The lowest BCUT2D eigenvalue weighted by molar-refractivity contribution is -0.116. The van der Waals surface area contributed by atoms with E-state index in [1.807, 2.05) is 30.3 Å². The van der Waals surface area contributed by atoms with Gasteiger partial charge in [0.05, 0.1) is 0 Å². The lowest BCUT2D eigenvalue weighted by atomic mass is 10.1. The first-order chi connectivity index (χ1) is 9.83. The van der Waals surface area contributed by atoms with Crippen molar-refractivity contribution >= 4 is 22.4 Å². The quantitative estimate of drug-likeness (QED) is 0.893. The second kappa shape index (κ2) is 6.06. The van der Waals surface area contributed by atoms with Gasteiger partial charge in [-0.3, -0.25) is 4.79 Å². The number of amides is 1. The van der Waals surface area contributed by atoms with E-state index in [1.165, 1.54) is 12.8 Å². The summed E-state index contributed by atoms with van der Waals surface area (Å²) < 4.78 is 0. The average molecular weight is 268 g/mol. The Kier molecular flexibility index (Phi) is 3.97. The van der Waals surface area contributed by atoms with Crippen molar-refractivity contribution in [3.05, 3.63) is 42.5 Å². The normalized spacial score (nSPS) is 18.3. The smallest absolute Gasteiger partial charge is 0.224 e. The molecule has 0 aromatic heterocycles. The zero-order chi connectivity index (χ0) is 13.8. The van der Waals surface area contributed by atoms with Crippen molar-refractivity contribution in [1.29, 1.82) is 0 Å². The van der Waals surface area contributed by atoms with E-state index in [0.29, 0.717) is 12.5 Å². The molecule has 0 spiro atoms. The lowest BCUT2D eigenvalue weighted by Crippen LogP contribution is -2.23. The molecule has 2 aromatic rings. The average Bonchev–Trinajstić information content (AvgIpc) is 2.99. The van der Waals surface area contributed by atoms with Gasteiger partial charge in [-0.15, -0.1) is 0 Å². The van der Waals surface area contributed by atoms with Gasteiger partial charge in [0.2, 0.25) is 5.91 Å². The Morgan fingerprint density at radius 1 is 1.20 bits per heavy atom. The maximum atomic E-state index is 12.1. The fourth-order valence-electron chi connectivity index (χ4n) is 2.86. The summed E-state index contributed by atoms with van der Waals surface area (Å²) >= 11 is 0. The van der Waals surface area contributed by atoms with E-state index in [1.54, 1.807) is 0 Å². The van der Waals surface area contributed by atoms with Crippen LogP contribution < -0.4 is 10.6 Å². The van der Waals surface area contributed by atoms with Crippen LogP contribution in [0.4, 0.5) is 5.69 Å². The van der Waals surface area contributed by atoms with Crippen LogP contribution in [0, 0.1) is 0 Å². The molecule has 20 heavy (non-hydrogen) atoms. The van der Waals surface area contributed by atoms with Crippen LogP contribution in [0.3, 0.4) is 0 Å². The first-order valence-electron chi connectivity index (χ1n) is 7.34. The number of rotatable bonds is 4. The Labute approximate surface area is 119 Å². The maximum Gasteiger partial charge on any atom is 0.224 e. The molecule has 0 radical (unpaired) electrons. The van der Waals surface area contributed by atoms with Crippen LogP contribution in [-0.4, -0.2) is 18.5 Å². The van der Waals surface area contributed by atoms with E-state index < -0.39 is 0 Å². The monoisotopic (exact) mass is 268 g/mol. The maximum absolute atomic E-state index is 12.1. The SMILES string of the molecule is O=C(CCC1CCCN1)Nc1cccc2ccccc12. The molecule has 3 rings (SSSR count). The summed E-state index contributed by atoms with van der Waals surface area (Å²) in [5, 5.41) is 8.72. The molecular weight excluding hydrogens is 248 g/mol. The minimum atomic E-state index is 0.107. The van der Waals surface area contributed by atoms with Gasteiger partial charge in [-0.1, -0.05) is 36.4 Å². The third kappa shape index (κ3) is 2.99. The Hall–Kier alpha value is -1.87. The van der Waals surface area contributed by atoms with Crippen LogP contribution >= 0.6 is 0 Å². The predicted molar refractivity (Wildman–Crippen MR) is 82.8 cm³/mol. The summed E-state index contributed by atoms with van der Waals surface area (Å²) in [6, 6.07) is 14.7. The van der Waals surface area contributed by atoms with Crippen molar-refractivity contribution < 1.29 is 4.79 Å². The predicted octanol–water partition coefficient (Wildman–Crippen LogP) is 3.31. The van der Waals surface area contributed by atoms with Crippen molar-refractivity contribution in [2.24, 2.45) is 0 Å². The van der Waals surface area contributed by atoms with Crippen LogP contribution in [0.5, 0.6) is 0 Å². The van der Waals surface area contributed by atoms with Gasteiger partial charge in [-0.25, -0.2) is 0 Å². The van der Waals surface area contributed by atoms with Gasteiger partial charge in [-0.05, 0) is 37.3 Å². The number of carbonyl (C=O) groups is 1. The molecule has 1 saturated heterocycles. The summed E-state index contributed by atoms with van der Waals surface area (Å²) in [4.78, 5) is 12.1. The third-order valence-electron chi connectivity index (χ3n) is 3.95. The molecular formula is C17H20N2O. The van der Waals surface area contributed by atoms with Crippen molar-refractivity contribution in [3.63, 3.8) is 0 Å². The molecule has 0 bridgehead atoms. The molecule has 2 N–H and O–H groups in total. The van der Waals surface area contributed by atoms with E-state index in [9.17, 15) is 4.79 Å². The number of hydrogen-bond acceptors (Lipinski definition) is 2. The van der Waals surface area contributed by atoms with Crippen molar-refractivity contribution in [2.75, 3.05) is 11.9 Å². The topological polar surface area (TPSA) is 41.1 Å². The summed E-state index contributed by atoms with van der Waals surface area (Å²) in [6.07, 6.45) is 3.94. The van der Waals surface area contributed by atoms with E-state index in [-0.39, 0.29) is 5.91 Å². The molecule has 1 aliphatic rings. The van der Waals surface area contributed by atoms with Gasteiger partial charge in [0.15, 0.2) is 0 Å². The molecule has 3 nitrogen and oxygen atoms in total. The highest BCUT2D eigenvalue weighted by molar-refractivity contribution is 6.02. The highest BCUT2D eigenvalue weighted by Gasteiger charge is 2.15. The molecule has 3 heteroatoms. The zero-order valence-electron chi connectivity index (χ0n) is 11.6. The molecule has 1 heterocycles. The minimum absolute atomic E-state index is 0.107. The van der Waals surface area contributed by atoms with Crippen LogP contribution in [0.1, 0.15) is 25.7 Å². The van der Waals surface area contributed by atoms with Crippen molar-refractivity contribution in [2.45, 2.75) is 31.7 Å². The number of carbonyl (C=O) groups excluding carboxylic acids is 1. The van der Waals surface area contributed by atoms with Crippen LogP contribution in [0.25, 0.3) is 10.8 Å². The molecule has 0 saturated carbocycles. The van der Waals surface area contributed by atoms with Gasteiger partial charge < -0.3 is 10.6 Å². The summed E-state index contributed by atoms with van der Waals surface area (Å²) in [7, 11) is 0. The molecule has 1 fully saturated rings. The number of fused-ring (bicyclic) bond motifs is 1. The van der Waals surface area contributed by atoms with Gasteiger partial charge in [-0.2, -0.15) is 0 Å². The number of benzene rings is 2. The standard InChI is InChI=1S/C17H20N2O/c20-17(11-10-14-7-4-12-18-14)19-16-9-3-6-13-5-1-2-8-15(13)16/h1-3,5-6,8-9,14,18H,4,7,10-12H2,(H,19,20). The number of nitrogens with one attached hydrogen (secondary N) is 2. The fourth-order valence-corrected chi connectivity index (χ4v) is 2.86. The molecule has 104 valence electrons. The van der Waals surface area contributed by atoms with Crippen molar-refractivity contribution in [1.82, 2.24) is 5.32 Å². The number of hydrogen-bond donors (Lipinski definition) is 2. The molecule has 1 unspecified atom stereocenters. The second-order valence-corrected chi connectivity index (χ2v) is 5.41. The largest absolute Gasteiger partial charge is 0.326 e. The molecule has 1 aliphatic heterocycles. The van der Waals surface area contributed by atoms with Crippen LogP contribution in [-0.2, 0) is 4.79 Å². The molecule has 1 atom stereocenters. The van der Waals surface area contributed by atoms with Crippen LogP contribution in [0.15, 0.2) is 42.5 Å². The zero-order valence-corrected chi connectivity index (χ0v) is 11.6. The Morgan fingerprint density at radius 2 is 2.05 bits per heavy atom. The van der Waals surface area contributed by atoms with E-state index in [4.69, 9.17) is 0 Å². The Bertz CT molecular complexity index is 597. The molecule has 1 amide bonds. The third-order valence-corrected chi connectivity index (χ3v) is 3.95.